The van der Waals surface area contributed by atoms with Crippen LogP contribution in [-0.2, 0) is 18.4 Å². The van der Waals surface area contributed by atoms with Crippen molar-refractivity contribution in [2.75, 3.05) is 0 Å². The van der Waals surface area contributed by atoms with Gasteiger partial charge in [0.1, 0.15) is 13.6 Å². The topological polar surface area (TPSA) is 45.1 Å². The summed E-state index contributed by atoms with van der Waals surface area (Å²) in [5, 5.41) is 16.4. The molecule has 0 amide bonds. The number of hydrogen-bond donors (Lipinski definition) is 1. The highest BCUT2D eigenvalue weighted by Gasteiger charge is 2.15. The maximum absolute atomic E-state index is 10.6. The average Bonchev–Trinajstić information content (AvgIpc) is 2.58. The predicted molar refractivity (Wildman–Crippen MR) is 97.6 cm³/mol. The maximum atomic E-state index is 10.6. The van der Waals surface area contributed by atoms with Gasteiger partial charge in [0.25, 0.3) is 0 Å². The molecule has 25 heavy (non-hydrogen) atoms. The van der Waals surface area contributed by atoms with Gasteiger partial charge in [-0.15, -0.1) is 0 Å². The van der Waals surface area contributed by atoms with Gasteiger partial charge < -0.3 is 5.11 Å². The fourth-order valence-electron chi connectivity index (χ4n) is 3.78. The van der Waals surface area contributed by atoms with Gasteiger partial charge in [-0.1, -0.05) is 0 Å². The van der Waals surface area contributed by atoms with E-state index in [1.54, 1.807) is 0 Å². The highest BCUT2D eigenvalue weighted by Crippen LogP contribution is 2.32. The summed E-state index contributed by atoms with van der Waals surface area (Å²) >= 11 is 0. The quantitative estimate of drug-likeness (QED) is 0.334. The van der Waals surface area contributed by atoms with E-state index in [1.807, 2.05) is 0 Å². The van der Waals surface area contributed by atoms with Crippen molar-refractivity contribution in [3.63, 3.8) is 0 Å². The molecule has 2 aromatic heterocycles. The lowest BCUT2D eigenvalue weighted by atomic mass is 9.97. The van der Waals surface area contributed by atoms with Crippen LogP contribution in [0.1, 0.15) is 25.7 Å². The zero-order valence-corrected chi connectivity index (χ0v) is 14.4. The van der Waals surface area contributed by atoms with E-state index in [2.05, 4.69) is 65.2 Å². The zero-order chi connectivity index (χ0) is 17.4. The molecule has 0 radical (unpaired) electrons. The van der Waals surface area contributed by atoms with Gasteiger partial charge in [0, 0.05) is 45.2 Å². The third-order valence-corrected chi connectivity index (χ3v) is 4.89. The van der Waals surface area contributed by atoms with Crippen molar-refractivity contribution in [2.24, 2.45) is 7.05 Å². The SMILES string of the molecule is C[n+]1cc2ccc3c[n+](CCCCCC(=O)O)cc4ccc(c1)c2c34. The standard InChI is InChI=1S/C21H21N2O2/c1-22-11-15-6-8-17-13-23(10-4-2-3-5-19(24)25)14-18-9-7-16(12-22)20(15)21(17)18/h6-9,11-14H,2-5,10H2,1H3/q+1/p+1. The van der Waals surface area contributed by atoms with Crippen molar-refractivity contribution >= 4 is 38.3 Å². The summed E-state index contributed by atoms with van der Waals surface area (Å²) in [6.45, 7) is 0.922. The number of aliphatic carboxylic acids is 1. The molecule has 0 atom stereocenters. The van der Waals surface area contributed by atoms with E-state index in [4.69, 9.17) is 5.11 Å². The zero-order valence-electron chi connectivity index (χ0n) is 14.4. The lowest BCUT2D eigenvalue weighted by molar-refractivity contribution is -0.695. The maximum Gasteiger partial charge on any atom is 0.303 e. The minimum Gasteiger partial charge on any atom is -0.481 e. The van der Waals surface area contributed by atoms with Gasteiger partial charge in [0.05, 0.1) is 0 Å². The molecule has 0 aliphatic rings. The number of unbranched alkanes of at least 4 members (excludes halogenated alkanes) is 2. The number of carbonyl (C=O) groups is 1. The van der Waals surface area contributed by atoms with E-state index >= 15 is 0 Å². The van der Waals surface area contributed by atoms with Crippen LogP contribution in [0.2, 0.25) is 0 Å². The second kappa shape index (κ2) is 6.28. The molecule has 0 unspecified atom stereocenters. The Labute approximate surface area is 146 Å². The molecule has 2 aromatic carbocycles. The summed E-state index contributed by atoms with van der Waals surface area (Å²) in [6.07, 6.45) is 11.7. The summed E-state index contributed by atoms with van der Waals surface area (Å²) < 4.78 is 4.35. The highest BCUT2D eigenvalue weighted by atomic mass is 16.4. The first kappa shape index (κ1) is 15.8. The molecule has 4 rings (SSSR count). The van der Waals surface area contributed by atoms with E-state index in [-0.39, 0.29) is 6.42 Å². The Kier molecular flexibility index (Phi) is 3.96. The molecular weight excluding hydrogens is 312 g/mol. The van der Waals surface area contributed by atoms with E-state index in [0.717, 1.165) is 25.8 Å². The van der Waals surface area contributed by atoms with Crippen LogP contribution in [0.25, 0.3) is 32.3 Å². The van der Waals surface area contributed by atoms with Crippen molar-refractivity contribution < 1.29 is 19.0 Å². The van der Waals surface area contributed by atoms with Crippen LogP contribution in [0.5, 0.6) is 0 Å². The van der Waals surface area contributed by atoms with Crippen molar-refractivity contribution in [1.29, 1.82) is 0 Å². The van der Waals surface area contributed by atoms with Crippen LogP contribution in [-0.4, -0.2) is 11.1 Å². The van der Waals surface area contributed by atoms with E-state index in [9.17, 15) is 4.79 Å². The number of benzene rings is 2. The first-order valence-corrected chi connectivity index (χ1v) is 8.80. The third-order valence-electron chi connectivity index (χ3n) is 4.89. The van der Waals surface area contributed by atoms with Gasteiger partial charge >= 0.3 is 5.97 Å². The van der Waals surface area contributed by atoms with Crippen molar-refractivity contribution in [3.8, 4) is 0 Å². The molecule has 4 aromatic rings. The Bertz CT molecular complexity index is 1010. The molecule has 0 fully saturated rings. The Hall–Kier alpha value is -2.75. The van der Waals surface area contributed by atoms with E-state index in [0.29, 0.717) is 0 Å². The number of carboxylic acids is 1. The van der Waals surface area contributed by atoms with Gasteiger partial charge in [-0.25, -0.2) is 9.13 Å². The van der Waals surface area contributed by atoms with Gasteiger partial charge in [-0.3, -0.25) is 4.79 Å². The molecular formula is C21H22N2O2+2. The van der Waals surface area contributed by atoms with Gasteiger partial charge in [0.2, 0.25) is 0 Å². The van der Waals surface area contributed by atoms with E-state index in [1.165, 1.54) is 32.3 Å². The number of aryl methyl sites for hydroxylation is 2. The molecule has 4 heteroatoms. The first-order chi connectivity index (χ1) is 12.1. The largest absolute Gasteiger partial charge is 0.481 e. The van der Waals surface area contributed by atoms with Crippen molar-refractivity contribution in [1.82, 2.24) is 0 Å². The molecule has 0 aliphatic carbocycles. The molecule has 4 nitrogen and oxygen atoms in total. The fraction of sp³-hybridized carbons (Fsp3) is 0.286. The molecule has 0 saturated carbocycles. The van der Waals surface area contributed by atoms with Gasteiger partial charge in [-0.05, 0) is 37.1 Å². The lowest BCUT2D eigenvalue weighted by Gasteiger charge is -2.08. The van der Waals surface area contributed by atoms with Crippen LogP contribution < -0.4 is 9.13 Å². The van der Waals surface area contributed by atoms with Crippen LogP contribution in [0.4, 0.5) is 0 Å². The van der Waals surface area contributed by atoms with Crippen molar-refractivity contribution in [2.45, 2.75) is 32.2 Å². The Balaban J connectivity index is 1.67. The van der Waals surface area contributed by atoms with Crippen molar-refractivity contribution in [3.05, 3.63) is 49.1 Å². The summed E-state index contributed by atoms with van der Waals surface area (Å²) in [5.74, 6) is -0.705. The number of nitrogens with zero attached hydrogens (tertiary/aromatic N) is 2. The van der Waals surface area contributed by atoms with Crippen LogP contribution in [0.15, 0.2) is 49.1 Å². The van der Waals surface area contributed by atoms with Crippen LogP contribution in [0.3, 0.4) is 0 Å². The number of aromatic nitrogens is 2. The molecule has 0 bridgehead atoms. The first-order valence-electron chi connectivity index (χ1n) is 8.80. The molecule has 1 N–H and O–H groups in total. The fourth-order valence-corrected chi connectivity index (χ4v) is 3.78. The van der Waals surface area contributed by atoms with Crippen LogP contribution in [0, 0.1) is 0 Å². The normalized spacial score (nSPS) is 11.7. The van der Waals surface area contributed by atoms with Gasteiger partial charge in [0.15, 0.2) is 24.8 Å². The van der Waals surface area contributed by atoms with Crippen LogP contribution >= 0.6 is 0 Å². The third kappa shape index (κ3) is 3.00. The molecule has 126 valence electrons. The number of rotatable bonds is 6. The summed E-state index contributed by atoms with van der Waals surface area (Å²) in [4.78, 5) is 10.6. The molecule has 0 spiro atoms. The second-order valence-electron chi connectivity index (χ2n) is 6.86. The minimum absolute atomic E-state index is 0.266. The summed E-state index contributed by atoms with van der Waals surface area (Å²) in [7, 11) is 2.06. The average molecular weight is 334 g/mol. The summed E-state index contributed by atoms with van der Waals surface area (Å²) in [6, 6.07) is 8.79. The second-order valence-corrected chi connectivity index (χ2v) is 6.86. The number of hydrogen-bond acceptors (Lipinski definition) is 1. The molecule has 2 heterocycles. The Morgan fingerprint density at radius 2 is 1.36 bits per heavy atom. The number of pyridine rings is 2. The Morgan fingerprint density at radius 1 is 0.840 bits per heavy atom. The number of carboxylic acid groups (broad SMARTS) is 1. The monoisotopic (exact) mass is 334 g/mol. The smallest absolute Gasteiger partial charge is 0.303 e. The molecule has 0 saturated heterocycles. The predicted octanol–water partition coefficient (Wildman–Crippen LogP) is 3.34. The summed E-state index contributed by atoms with van der Waals surface area (Å²) in [5.41, 5.74) is 0. The van der Waals surface area contributed by atoms with Gasteiger partial charge in [-0.2, -0.15) is 0 Å². The molecule has 0 aliphatic heterocycles. The lowest BCUT2D eigenvalue weighted by Crippen LogP contribution is -2.33. The minimum atomic E-state index is -0.705. The Morgan fingerprint density at radius 3 is 1.88 bits per heavy atom. The highest BCUT2D eigenvalue weighted by molar-refractivity contribution is 6.21. The van der Waals surface area contributed by atoms with E-state index < -0.39 is 5.97 Å².